The van der Waals surface area contributed by atoms with Crippen LogP contribution >= 0.6 is 22.6 Å². The molecular formula is C16H24INO. The van der Waals surface area contributed by atoms with Crippen LogP contribution in [0.4, 0.5) is 0 Å². The molecule has 2 atom stereocenters. The van der Waals surface area contributed by atoms with Crippen LogP contribution in [0.5, 0.6) is 0 Å². The summed E-state index contributed by atoms with van der Waals surface area (Å²) < 4.78 is 7.11. The molecule has 106 valence electrons. The van der Waals surface area contributed by atoms with Crippen molar-refractivity contribution < 1.29 is 4.74 Å². The van der Waals surface area contributed by atoms with E-state index in [1.807, 2.05) is 0 Å². The predicted molar refractivity (Wildman–Crippen MR) is 88.5 cm³/mol. The largest absolute Gasteiger partial charge is 0.378 e. The van der Waals surface area contributed by atoms with E-state index in [2.05, 4.69) is 59.2 Å². The third-order valence-corrected chi connectivity index (χ3v) is 4.63. The van der Waals surface area contributed by atoms with Gasteiger partial charge in [-0.2, -0.15) is 0 Å². The second kappa shape index (κ2) is 8.22. The molecule has 0 spiro atoms. The minimum absolute atomic E-state index is 0.501. The van der Waals surface area contributed by atoms with E-state index < -0.39 is 0 Å². The summed E-state index contributed by atoms with van der Waals surface area (Å²) >= 11 is 2.35. The fourth-order valence-corrected chi connectivity index (χ4v) is 3.04. The molecule has 0 amide bonds. The molecule has 0 aliphatic carbocycles. The highest BCUT2D eigenvalue weighted by Gasteiger charge is 2.16. The second-order valence-corrected chi connectivity index (χ2v) is 6.63. The summed E-state index contributed by atoms with van der Waals surface area (Å²) in [5, 5.41) is 3.45. The van der Waals surface area contributed by atoms with Gasteiger partial charge < -0.3 is 10.1 Å². The molecule has 2 unspecified atom stereocenters. The highest BCUT2D eigenvalue weighted by molar-refractivity contribution is 14.1. The fourth-order valence-electron chi connectivity index (χ4n) is 2.68. The number of ether oxygens (including phenoxy) is 1. The van der Waals surface area contributed by atoms with Gasteiger partial charge in [0.25, 0.3) is 0 Å². The standard InChI is InChI=1S/C16H24INO/c1-18-15(9-10-16-4-2-3-11-19-16)12-13-5-7-14(17)8-6-13/h5-8,15-16,18H,2-4,9-12H2,1H3. The zero-order chi connectivity index (χ0) is 13.5. The molecule has 3 heteroatoms. The molecule has 0 bridgehead atoms. The minimum atomic E-state index is 0.501. The number of rotatable bonds is 6. The summed E-state index contributed by atoms with van der Waals surface area (Å²) in [6, 6.07) is 9.41. The van der Waals surface area contributed by atoms with Gasteiger partial charge in [-0.25, -0.2) is 0 Å². The Morgan fingerprint density at radius 1 is 1.32 bits per heavy atom. The SMILES string of the molecule is CNC(CCC1CCCCO1)Cc1ccc(I)cc1. The molecule has 1 aliphatic heterocycles. The Bertz CT molecular complexity index is 360. The van der Waals surface area contributed by atoms with Crippen LogP contribution in [0.15, 0.2) is 24.3 Å². The zero-order valence-corrected chi connectivity index (χ0v) is 13.9. The lowest BCUT2D eigenvalue weighted by Crippen LogP contribution is -2.30. The Kier molecular flexibility index (Phi) is 6.61. The van der Waals surface area contributed by atoms with Crippen LogP contribution in [-0.2, 0) is 11.2 Å². The average molecular weight is 373 g/mol. The summed E-state index contributed by atoms with van der Waals surface area (Å²) in [5.74, 6) is 0. The molecule has 0 radical (unpaired) electrons. The fraction of sp³-hybridized carbons (Fsp3) is 0.625. The maximum absolute atomic E-state index is 5.81. The number of hydrogen-bond donors (Lipinski definition) is 1. The van der Waals surface area contributed by atoms with Gasteiger partial charge in [0, 0.05) is 16.2 Å². The number of hydrogen-bond acceptors (Lipinski definition) is 2. The van der Waals surface area contributed by atoms with E-state index in [0.29, 0.717) is 12.1 Å². The van der Waals surface area contributed by atoms with Gasteiger partial charge in [0.1, 0.15) is 0 Å². The van der Waals surface area contributed by atoms with Crippen molar-refractivity contribution in [3.8, 4) is 0 Å². The smallest absolute Gasteiger partial charge is 0.0575 e. The maximum Gasteiger partial charge on any atom is 0.0575 e. The van der Waals surface area contributed by atoms with Crippen LogP contribution in [-0.4, -0.2) is 25.8 Å². The lowest BCUT2D eigenvalue weighted by Gasteiger charge is -2.25. The number of benzene rings is 1. The molecule has 1 heterocycles. The molecule has 1 saturated heterocycles. The molecule has 1 aromatic rings. The molecule has 1 aliphatic rings. The van der Waals surface area contributed by atoms with Crippen molar-refractivity contribution in [3.05, 3.63) is 33.4 Å². The first-order chi connectivity index (χ1) is 9.28. The van der Waals surface area contributed by atoms with Crippen molar-refractivity contribution in [3.63, 3.8) is 0 Å². The number of halogens is 1. The molecule has 1 fully saturated rings. The van der Waals surface area contributed by atoms with Crippen molar-refractivity contribution in [2.45, 2.75) is 50.7 Å². The van der Waals surface area contributed by atoms with E-state index in [9.17, 15) is 0 Å². The highest BCUT2D eigenvalue weighted by Crippen LogP contribution is 2.19. The third kappa shape index (κ3) is 5.40. The maximum atomic E-state index is 5.81. The van der Waals surface area contributed by atoms with Crippen molar-refractivity contribution in [2.75, 3.05) is 13.7 Å². The van der Waals surface area contributed by atoms with Gasteiger partial charge in [-0.3, -0.25) is 0 Å². The molecule has 1 aromatic carbocycles. The van der Waals surface area contributed by atoms with Crippen LogP contribution < -0.4 is 5.32 Å². The third-order valence-electron chi connectivity index (χ3n) is 3.91. The summed E-state index contributed by atoms with van der Waals surface area (Å²) in [6.07, 6.45) is 7.84. The number of likely N-dealkylation sites (N-methyl/N-ethyl adjacent to an activating group) is 1. The monoisotopic (exact) mass is 373 g/mol. The first-order valence-electron chi connectivity index (χ1n) is 7.31. The van der Waals surface area contributed by atoms with Gasteiger partial charge in [0.15, 0.2) is 0 Å². The number of nitrogens with one attached hydrogen (secondary N) is 1. The summed E-state index contributed by atoms with van der Waals surface area (Å²) in [6.45, 7) is 0.964. The van der Waals surface area contributed by atoms with E-state index in [0.717, 1.165) is 13.0 Å². The van der Waals surface area contributed by atoms with Crippen LogP contribution in [0.1, 0.15) is 37.7 Å². The van der Waals surface area contributed by atoms with E-state index in [1.54, 1.807) is 0 Å². The van der Waals surface area contributed by atoms with E-state index in [4.69, 9.17) is 4.74 Å². The van der Waals surface area contributed by atoms with Gasteiger partial charge in [-0.15, -0.1) is 0 Å². The van der Waals surface area contributed by atoms with E-state index in [1.165, 1.54) is 41.2 Å². The quantitative estimate of drug-likeness (QED) is 0.767. The summed E-state index contributed by atoms with van der Waals surface area (Å²) in [5.41, 5.74) is 1.42. The van der Waals surface area contributed by atoms with Gasteiger partial charge in [0.05, 0.1) is 6.10 Å². The molecule has 0 aromatic heterocycles. The summed E-state index contributed by atoms with van der Waals surface area (Å²) in [7, 11) is 2.07. The first-order valence-corrected chi connectivity index (χ1v) is 8.39. The lowest BCUT2D eigenvalue weighted by molar-refractivity contribution is 0.00870. The van der Waals surface area contributed by atoms with Crippen molar-refractivity contribution in [2.24, 2.45) is 0 Å². The van der Waals surface area contributed by atoms with Crippen LogP contribution in [0, 0.1) is 3.57 Å². The molecule has 19 heavy (non-hydrogen) atoms. The zero-order valence-electron chi connectivity index (χ0n) is 11.7. The minimum Gasteiger partial charge on any atom is -0.378 e. The Labute approximate surface area is 130 Å². The van der Waals surface area contributed by atoms with Crippen molar-refractivity contribution in [1.29, 1.82) is 0 Å². The van der Waals surface area contributed by atoms with Gasteiger partial charge in [-0.1, -0.05) is 12.1 Å². The normalized spacial score (nSPS) is 21.3. The molecule has 0 saturated carbocycles. The predicted octanol–water partition coefficient (Wildman–Crippen LogP) is 3.77. The molecule has 2 nitrogen and oxygen atoms in total. The van der Waals surface area contributed by atoms with Gasteiger partial charge in [0.2, 0.25) is 0 Å². The first kappa shape index (κ1) is 15.3. The van der Waals surface area contributed by atoms with E-state index >= 15 is 0 Å². The Balaban J connectivity index is 1.77. The van der Waals surface area contributed by atoms with E-state index in [-0.39, 0.29) is 0 Å². The molecular weight excluding hydrogens is 349 g/mol. The van der Waals surface area contributed by atoms with Crippen LogP contribution in [0.2, 0.25) is 0 Å². The van der Waals surface area contributed by atoms with Crippen molar-refractivity contribution in [1.82, 2.24) is 5.32 Å². The summed E-state index contributed by atoms with van der Waals surface area (Å²) in [4.78, 5) is 0. The van der Waals surface area contributed by atoms with Crippen LogP contribution in [0.3, 0.4) is 0 Å². The Hall–Kier alpha value is -0.130. The van der Waals surface area contributed by atoms with Gasteiger partial charge in [-0.05, 0) is 85.9 Å². The van der Waals surface area contributed by atoms with Crippen molar-refractivity contribution >= 4 is 22.6 Å². The average Bonchev–Trinajstić information content (AvgIpc) is 2.46. The molecule has 1 N–H and O–H groups in total. The van der Waals surface area contributed by atoms with Crippen LogP contribution in [0.25, 0.3) is 0 Å². The topological polar surface area (TPSA) is 21.3 Å². The Morgan fingerprint density at radius 3 is 2.74 bits per heavy atom. The second-order valence-electron chi connectivity index (χ2n) is 5.38. The Morgan fingerprint density at radius 2 is 2.11 bits per heavy atom. The highest BCUT2D eigenvalue weighted by atomic mass is 127. The van der Waals surface area contributed by atoms with Gasteiger partial charge >= 0.3 is 0 Å². The lowest BCUT2D eigenvalue weighted by atomic mass is 9.97. The molecule has 2 rings (SSSR count).